The number of fused-ring (bicyclic) bond motifs is 4. The number of carboxylic acid groups (broad SMARTS) is 1. The van der Waals surface area contributed by atoms with Crippen LogP contribution in [0.4, 0.5) is 4.79 Å². The van der Waals surface area contributed by atoms with Gasteiger partial charge in [0.2, 0.25) is 0 Å². The lowest BCUT2D eigenvalue weighted by molar-refractivity contribution is 0.00808. The van der Waals surface area contributed by atoms with Gasteiger partial charge in [0.25, 0.3) is 11.8 Å². The Morgan fingerprint density at radius 3 is 2.41 bits per heavy atom. The van der Waals surface area contributed by atoms with Gasteiger partial charge in [0, 0.05) is 55.4 Å². The number of carbonyl (C=O) groups excluding carboxylic acids is 2. The van der Waals surface area contributed by atoms with Gasteiger partial charge in [-0.2, -0.15) is 0 Å². The van der Waals surface area contributed by atoms with Crippen molar-refractivity contribution in [3.8, 4) is 0 Å². The number of aliphatic hydroxyl groups excluding tert-OH is 1. The molecule has 0 saturated carbocycles. The molecule has 3 amide bonds. The zero-order chi connectivity index (χ0) is 29.1. The molecule has 9 nitrogen and oxygen atoms in total. The summed E-state index contributed by atoms with van der Waals surface area (Å²) in [6.45, 7) is 4.67. The molecule has 2 aromatic carbocycles. The highest BCUT2D eigenvalue weighted by molar-refractivity contribution is 6.00. The average molecular weight is 562 g/mol. The van der Waals surface area contributed by atoms with Crippen molar-refractivity contribution in [1.82, 2.24) is 14.7 Å². The van der Waals surface area contributed by atoms with E-state index in [-0.39, 0.29) is 43.1 Å². The lowest BCUT2D eigenvalue weighted by atomic mass is 9.77. The van der Waals surface area contributed by atoms with Crippen molar-refractivity contribution in [2.75, 3.05) is 20.2 Å². The highest BCUT2D eigenvalue weighted by atomic mass is 16.5. The first kappa shape index (κ1) is 27.7. The fraction of sp³-hybridized carbons (Fsp3) is 0.531. The standard InChI is InChI=1S/C32H39N3O6/c1-32(2)18-33(17-28(36)27-13-19-6-4-5-7-21(19)16-34(27)31(39)40)30(38)25-11-8-20(12-26(25)32)29(37)35-22-9-10-23(35)15-24(14-22)41-3/h4-8,11-12,22-24,27-28,36H,9-10,13-18H2,1-3H3,(H,39,40)/t22-,23+,24?,27-,28+/m0/s1. The second-order valence-corrected chi connectivity index (χ2v) is 12.8. The Hall–Kier alpha value is -3.43. The molecule has 0 radical (unpaired) electrons. The Bertz CT molecular complexity index is 1360. The van der Waals surface area contributed by atoms with Crippen LogP contribution >= 0.6 is 0 Å². The van der Waals surface area contributed by atoms with E-state index in [9.17, 15) is 24.6 Å². The monoisotopic (exact) mass is 561 g/mol. The SMILES string of the molecule is COC1C[C@H]2CC[C@@H](C1)N2C(=O)c1ccc2c(c1)C(C)(C)CN(C[C@@H](O)[C@@H]1Cc3ccccc3CN1C(=O)O)C2=O. The molecule has 1 unspecified atom stereocenters. The molecule has 4 aliphatic rings. The number of methoxy groups -OCH3 is 1. The third-order valence-corrected chi connectivity index (χ3v) is 9.74. The Kier molecular flexibility index (Phi) is 7.06. The molecule has 2 aromatic rings. The zero-order valence-electron chi connectivity index (χ0n) is 24.0. The van der Waals surface area contributed by atoms with Gasteiger partial charge in [-0.05, 0) is 67.0 Å². The molecule has 2 saturated heterocycles. The van der Waals surface area contributed by atoms with Crippen molar-refractivity contribution >= 4 is 17.9 Å². The van der Waals surface area contributed by atoms with Gasteiger partial charge in [0.1, 0.15) is 0 Å². The van der Waals surface area contributed by atoms with Crippen molar-refractivity contribution in [1.29, 1.82) is 0 Å². The van der Waals surface area contributed by atoms with E-state index in [4.69, 9.17) is 4.74 Å². The number of carbonyl (C=O) groups is 3. The summed E-state index contributed by atoms with van der Waals surface area (Å²) in [5, 5.41) is 21.2. The molecule has 0 spiro atoms. The lowest BCUT2D eigenvalue weighted by Gasteiger charge is -2.43. The summed E-state index contributed by atoms with van der Waals surface area (Å²) < 4.78 is 5.60. The van der Waals surface area contributed by atoms with E-state index in [1.54, 1.807) is 24.1 Å². The average Bonchev–Trinajstić information content (AvgIpc) is 3.22. The van der Waals surface area contributed by atoms with Crippen LogP contribution < -0.4 is 0 Å². The van der Waals surface area contributed by atoms with Crippen LogP contribution in [0.5, 0.6) is 0 Å². The van der Waals surface area contributed by atoms with Gasteiger partial charge < -0.3 is 24.7 Å². The van der Waals surface area contributed by atoms with E-state index in [0.717, 1.165) is 42.4 Å². The normalized spacial score (nSPS) is 27.3. The minimum Gasteiger partial charge on any atom is -0.465 e. The molecule has 2 fully saturated rings. The number of benzene rings is 2. The first-order valence-electron chi connectivity index (χ1n) is 14.6. The summed E-state index contributed by atoms with van der Waals surface area (Å²) in [5.74, 6) is -0.196. The van der Waals surface area contributed by atoms with Gasteiger partial charge in [-0.25, -0.2) is 4.79 Å². The molecule has 6 rings (SSSR count). The Morgan fingerprint density at radius 2 is 1.76 bits per heavy atom. The second kappa shape index (κ2) is 10.4. The van der Waals surface area contributed by atoms with Gasteiger partial charge in [-0.15, -0.1) is 0 Å². The van der Waals surface area contributed by atoms with Crippen LogP contribution in [0.1, 0.15) is 76.9 Å². The summed E-state index contributed by atoms with van der Waals surface area (Å²) in [7, 11) is 1.74. The number of hydrogen-bond acceptors (Lipinski definition) is 5. The molecular weight excluding hydrogens is 522 g/mol. The molecular formula is C32H39N3O6. The van der Waals surface area contributed by atoms with Gasteiger partial charge in [0.15, 0.2) is 0 Å². The quantitative estimate of drug-likeness (QED) is 0.577. The van der Waals surface area contributed by atoms with E-state index >= 15 is 0 Å². The number of ether oxygens (including phenoxy) is 1. The largest absolute Gasteiger partial charge is 0.465 e. The van der Waals surface area contributed by atoms with Crippen LogP contribution in [0.3, 0.4) is 0 Å². The number of aliphatic hydroxyl groups is 1. The van der Waals surface area contributed by atoms with Crippen LogP contribution in [-0.4, -0.2) is 93.4 Å². The smallest absolute Gasteiger partial charge is 0.407 e. The fourth-order valence-electron chi connectivity index (χ4n) is 7.62. The first-order chi connectivity index (χ1) is 19.6. The molecule has 4 heterocycles. The predicted molar refractivity (Wildman–Crippen MR) is 152 cm³/mol. The van der Waals surface area contributed by atoms with Crippen LogP contribution in [-0.2, 0) is 23.1 Å². The fourth-order valence-corrected chi connectivity index (χ4v) is 7.62. The van der Waals surface area contributed by atoms with Crippen LogP contribution in [0, 0.1) is 0 Å². The maximum absolute atomic E-state index is 13.7. The minimum atomic E-state index is -1.09. The van der Waals surface area contributed by atoms with E-state index < -0.39 is 23.7 Å². The summed E-state index contributed by atoms with van der Waals surface area (Å²) in [4.78, 5) is 44.4. The highest BCUT2D eigenvalue weighted by Gasteiger charge is 2.45. The van der Waals surface area contributed by atoms with Crippen molar-refractivity contribution in [2.24, 2.45) is 0 Å². The minimum absolute atomic E-state index is 0.0160. The molecule has 0 aromatic heterocycles. The van der Waals surface area contributed by atoms with Crippen LogP contribution in [0.25, 0.3) is 0 Å². The maximum Gasteiger partial charge on any atom is 0.407 e. The van der Waals surface area contributed by atoms with E-state index in [1.165, 1.54) is 4.90 Å². The molecule has 2 N–H and O–H groups in total. The van der Waals surface area contributed by atoms with Gasteiger partial charge >= 0.3 is 6.09 Å². The molecule has 218 valence electrons. The number of nitrogens with zero attached hydrogens (tertiary/aromatic N) is 3. The number of amides is 3. The Balaban J connectivity index is 1.21. The lowest BCUT2D eigenvalue weighted by Crippen LogP contribution is -2.56. The van der Waals surface area contributed by atoms with Crippen molar-refractivity contribution in [2.45, 2.75) is 88.2 Å². The van der Waals surface area contributed by atoms with Crippen LogP contribution in [0.15, 0.2) is 42.5 Å². The van der Waals surface area contributed by atoms with E-state index in [1.807, 2.05) is 49.1 Å². The third kappa shape index (κ3) is 4.89. The van der Waals surface area contributed by atoms with E-state index in [2.05, 4.69) is 0 Å². The topological polar surface area (TPSA) is 111 Å². The number of β-amino-alcohol motifs (C(OH)–C–C–N with tert-alkyl or cyclic N) is 1. The number of hydrogen-bond donors (Lipinski definition) is 2. The van der Waals surface area contributed by atoms with Crippen LogP contribution in [0.2, 0.25) is 0 Å². The maximum atomic E-state index is 13.7. The van der Waals surface area contributed by atoms with Crippen molar-refractivity contribution in [3.63, 3.8) is 0 Å². The van der Waals surface area contributed by atoms with Gasteiger partial charge in [-0.1, -0.05) is 38.1 Å². The Labute approximate surface area is 240 Å². The second-order valence-electron chi connectivity index (χ2n) is 12.8. The zero-order valence-corrected chi connectivity index (χ0v) is 24.0. The third-order valence-electron chi connectivity index (χ3n) is 9.74. The summed E-state index contributed by atoms with van der Waals surface area (Å²) in [6, 6.07) is 12.8. The number of rotatable bonds is 5. The molecule has 41 heavy (non-hydrogen) atoms. The summed E-state index contributed by atoms with van der Waals surface area (Å²) >= 11 is 0. The highest BCUT2D eigenvalue weighted by Crippen LogP contribution is 2.39. The molecule has 4 aliphatic heterocycles. The Morgan fingerprint density at radius 1 is 1.07 bits per heavy atom. The summed E-state index contributed by atoms with van der Waals surface area (Å²) in [6.07, 6.45) is 2.16. The van der Waals surface area contributed by atoms with Gasteiger partial charge in [-0.3, -0.25) is 14.5 Å². The first-order valence-corrected chi connectivity index (χ1v) is 14.6. The molecule has 0 aliphatic carbocycles. The van der Waals surface area contributed by atoms with Gasteiger partial charge in [0.05, 0.1) is 18.2 Å². The molecule has 9 heteroatoms. The van der Waals surface area contributed by atoms with Crippen molar-refractivity contribution in [3.05, 3.63) is 70.3 Å². The van der Waals surface area contributed by atoms with Crippen molar-refractivity contribution < 1.29 is 29.3 Å². The van der Waals surface area contributed by atoms with E-state index in [0.29, 0.717) is 24.1 Å². The summed E-state index contributed by atoms with van der Waals surface area (Å²) in [5.41, 5.74) is 3.44. The molecule has 2 bridgehead atoms. The number of piperidine rings is 1. The predicted octanol–water partition coefficient (Wildman–Crippen LogP) is 3.67. The molecule has 5 atom stereocenters.